The van der Waals surface area contributed by atoms with Crippen LogP contribution in [0.15, 0.2) is 42.5 Å². The maximum atomic E-state index is 4.58. The highest BCUT2D eigenvalue weighted by atomic mass is 15.6. The lowest BCUT2D eigenvalue weighted by Gasteiger charge is -2.32. The Hall–Kier alpha value is -2.50. The minimum atomic E-state index is 0.476. The van der Waals surface area contributed by atoms with Crippen LogP contribution in [0.2, 0.25) is 0 Å². The van der Waals surface area contributed by atoms with Crippen molar-refractivity contribution in [3.8, 4) is 0 Å². The fourth-order valence-electron chi connectivity index (χ4n) is 3.72. The summed E-state index contributed by atoms with van der Waals surface area (Å²) in [5.41, 5.74) is 2.09. The van der Waals surface area contributed by atoms with E-state index in [0.29, 0.717) is 17.6 Å². The summed E-state index contributed by atoms with van der Waals surface area (Å²) in [4.78, 5) is 2.42. The minimum Gasteiger partial charge on any atom is -0.352 e. The smallest absolute Gasteiger partial charge is 0.200 e. The van der Waals surface area contributed by atoms with Crippen molar-refractivity contribution in [1.82, 2.24) is 25.3 Å². The highest BCUT2D eigenvalue weighted by Crippen LogP contribution is 2.35. The molecule has 118 valence electrons. The topological polar surface area (TPSA) is 59.2 Å². The third kappa shape index (κ3) is 2.54. The maximum absolute atomic E-state index is 4.58. The van der Waals surface area contributed by atoms with E-state index in [1.54, 1.807) is 0 Å². The number of hydrogen-bond donors (Lipinski definition) is 0. The SMILES string of the molecule is CC[C@@H](c1ccccc1)[C@H]1CCCN1c1ccc2nnnn2n1. The van der Waals surface area contributed by atoms with Crippen LogP contribution in [0.1, 0.15) is 37.7 Å². The molecule has 0 saturated carbocycles. The van der Waals surface area contributed by atoms with E-state index in [0.717, 1.165) is 18.8 Å². The van der Waals surface area contributed by atoms with Gasteiger partial charge >= 0.3 is 0 Å². The van der Waals surface area contributed by atoms with Crippen LogP contribution < -0.4 is 4.90 Å². The van der Waals surface area contributed by atoms with Crippen molar-refractivity contribution in [3.63, 3.8) is 0 Å². The molecule has 6 heteroatoms. The van der Waals surface area contributed by atoms with Gasteiger partial charge in [-0.15, -0.1) is 14.8 Å². The first-order valence-corrected chi connectivity index (χ1v) is 8.24. The summed E-state index contributed by atoms with van der Waals surface area (Å²) < 4.78 is 1.51. The Morgan fingerprint density at radius 3 is 2.87 bits per heavy atom. The Morgan fingerprint density at radius 2 is 2.04 bits per heavy atom. The molecule has 1 aromatic carbocycles. The molecule has 1 aliphatic rings. The molecule has 2 aromatic heterocycles. The number of fused-ring (bicyclic) bond motifs is 1. The number of aromatic nitrogens is 5. The first kappa shape index (κ1) is 14.1. The van der Waals surface area contributed by atoms with Gasteiger partial charge in [0.1, 0.15) is 0 Å². The first-order chi connectivity index (χ1) is 11.4. The van der Waals surface area contributed by atoms with Crippen LogP contribution in [0.25, 0.3) is 5.65 Å². The Labute approximate surface area is 135 Å². The van der Waals surface area contributed by atoms with E-state index in [9.17, 15) is 0 Å². The summed E-state index contributed by atoms with van der Waals surface area (Å²) in [6.45, 7) is 3.31. The van der Waals surface area contributed by atoms with Crippen LogP contribution in [0.5, 0.6) is 0 Å². The largest absolute Gasteiger partial charge is 0.352 e. The lowest BCUT2D eigenvalue weighted by Crippen LogP contribution is -2.35. The number of nitrogens with zero attached hydrogens (tertiary/aromatic N) is 6. The zero-order chi connectivity index (χ0) is 15.6. The fourth-order valence-corrected chi connectivity index (χ4v) is 3.72. The summed E-state index contributed by atoms with van der Waals surface area (Å²) in [5.74, 6) is 1.48. The zero-order valence-electron chi connectivity index (χ0n) is 13.2. The molecule has 0 amide bonds. The molecule has 0 N–H and O–H groups in total. The van der Waals surface area contributed by atoms with Crippen LogP contribution in [0, 0.1) is 0 Å². The van der Waals surface area contributed by atoms with Crippen molar-refractivity contribution in [3.05, 3.63) is 48.0 Å². The molecule has 23 heavy (non-hydrogen) atoms. The van der Waals surface area contributed by atoms with Crippen molar-refractivity contribution in [2.24, 2.45) is 0 Å². The lowest BCUT2D eigenvalue weighted by atomic mass is 9.87. The molecule has 0 spiro atoms. The number of hydrogen-bond acceptors (Lipinski definition) is 5. The fraction of sp³-hybridized carbons (Fsp3) is 0.412. The van der Waals surface area contributed by atoms with Gasteiger partial charge in [0, 0.05) is 18.5 Å². The van der Waals surface area contributed by atoms with Gasteiger partial charge in [-0.1, -0.05) is 37.3 Å². The summed E-state index contributed by atoms with van der Waals surface area (Å²) >= 11 is 0. The molecule has 3 aromatic rings. The summed E-state index contributed by atoms with van der Waals surface area (Å²) in [6, 6.07) is 15.2. The zero-order valence-corrected chi connectivity index (χ0v) is 13.2. The minimum absolute atomic E-state index is 0.476. The van der Waals surface area contributed by atoms with Gasteiger partial charge in [0.25, 0.3) is 0 Å². The van der Waals surface area contributed by atoms with Gasteiger partial charge in [-0.3, -0.25) is 0 Å². The molecule has 0 bridgehead atoms. The van der Waals surface area contributed by atoms with Gasteiger partial charge in [-0.05, 0) is 47.4 Å². The molecular formula is C17H20N6. The molecular weight excluding hydrogens is 288 g/mol. The molecule has 0 radical (unpaired) electrons. The summed E-state index contributed by atoms with van der Waals surface area (Å²) in [5, 5.41) is 16.1. The number of rotatable bonds is 4. The number of anilines is 1. The number of benzene rings is 1. The van der Waals surface area contributed by atoms with Crippen LogP contribution in [0.4, 0.5) is 5.82 Å². The molecule has 1 saturated heterocycles. The van der Waals surface area contributed by atoms with Crippen LogP contribution in [-0.4, -0.2) is 37.8 Å². The van der Waals surface area contributed by atoms with Gasteiger partial charge in [0.15, 0.2) is 11.5 Å². The second-order valence-electron chi connectivity index (χ2n) is 6.05. The number of tetrazole rings is 1. The van der Waals surface area contributed by atoms with Crippen molar-refractivity contribution in [2.75, 3.05) is 11.4 Å². The van der Waals surface area contributed by atoms with Crippen LogP contribution in [0.3, 0.4) is 0 Å². The van der Waals surface area contributed by atoms with E-state index >= 15 is 0 Å². The highest BCUT2D eigenvalue weighted by Gasteiger charge is 2.32. The Bertz CT molecular complexity index is 784. The van der Waals surface area contributed by atoms with Crippen molar-refractivity contribution in [1.29, 1.82) is 0 Å². The average molecular weight is 308 g/mol. The molecule has 0 aliphatic carbocycles. The Morgan fingerprint density at radius 1 is 1.17 bits per heavy atom. The van der Waals surface area contributed by atoms with Gasteiger partial charge in [0.2, 0.25) is 0 Å². The third-order valence-electron chi connectivity index (χ3n) is 4.78. The predicted molar refractivity (Wildman–Crippen MR) is 88.4 cm³/mol. The molecule has 4 rings (SSSR count). The Kier molecular flexibility index (Phi) is 3.65. The van der Waals surface area contributed by atoms with E-state index in [1.807, 2.05) is 12.1 Å². The van der Waals surface area contributed by atoms with Crippen molar-refractivity contribution < 1.29 is 0 Å². The molecule has 1 aliphatic heterocycles. The third-order valence-corrected chi connectivity index (χ3v) is 4.78. The van der Waals surface area contributed by atoms with E-state index < -0.39 is 0 Å². The first-order valence-electron chi connectivity index (χ1n) is 8.24. The summed E-state index contributed by atoms with van der Waals surface area (Å²) in [6.07, 6.45) is 3.52. The quantitative estimate of drug-likeness (QED) is 0.741. The second-order valence-corrected chi connectivity index (χ2v) is 6.05. The van der Waals surface area contributed by atoms with E-state index in [1.165, 1.54) is 23.0 Å². The van der Waals surface area contributed by atoms with Gasteiger partial charge in [-0.2, -0.15) is 0 Å². The summed E-state index contributed by atoms with van der Waals surface area (Å²) in [7, 11) is 0. The molecule has 3 heterocycles. The van der Waals surface area contributed by atoms with Gasteiger partial charge < -0.3 is 4.90 Å². The van der Waals surface area contributed by atoms with Crippen molar-refractivity contribution in [2.45, 2.75) is 38.1 Å². The standard InChI is InChI=1S/C17H20N6/c1-2-14(13-7-4-3-5-8-13)15-9-6-12-22(15)17-11-10-16-18-20-21-23(16)19-17/h3-5,7-8,10-11,14-15H,2,6,9,12H2,1H3/t14-,15+/m0/s1. The van der Waals surface area contributed by atoms with Gasteiger partial charge in [0.05, 0.1) is 0 Å². The van der Waals surface area contributed by atoms with E-state index in [2.05, 4.69) is 62.8 Å². The lowest BCUT2D eigenvalue weighted by molar-refractivity contribution is 0.511. The van der Waals surface area contributed by atoms with E-state index in [4.69, 9.17) is 0 Å². The molecule has 0 unspecified atom stereocenters. The second kappa shape index (κ2) is 5.95. The predicted octanol–water partition coefficient (Wildman–Crippen LogP) is 2.68. The Balaban J connectivity index is 1.67. The monoisotopic (exact) mass is 308 g/mol. The van der Waals surface area contributed by atoms with Crippen molar-refractivity contribution >= 4 is 11.5 Å². The highest BCUT2D eigenvalue weighted by molar-refractivity contribution is 5.47. The molecule has 6 nitrogen and oxygen atoms in total. The van der Waals surface area contributed by atoms with Crippen LogP contribution in [-0.2, 0) is 0 Å². The maximum Gasteiger partial charge on any atom is 0.200 e. The van der Waals surface area contributed by atoms with Crippen LogP contribution >= 0.6 is 0 Å². The van der Waals surface area contributed by atoms with Gasteiger partial charge in [-0.25, -0.2) is 0 Å². The normalized spacial score (nSPS) is 19.3. The molecule has 1 fully saturated rings. The van der Waals surface area contributed by atoms with E-state index in [-0.39, 0.29) is 0 Å². The average Bonchev–Trinajstić information content (AvgIpc) is 3.25. The molecule has 2 atom stereocenters.